The quantitative estimate of drug-likeness (QED) is 0.221. The van der Waals surface area contributed by atoms with Gasteiger partial charge in [-0.2, -0.15) is 0 Å². The molecule has 0 amide bonds. The molecule has 37 heavy (non-hydrogen) atoms. The highest BCUT2D eigenvalue weighted by atomic mass is 19.1. The van der Waals surface area contributed by atoms with Crippen LogP contribution in [0.5, 0.6) is 0 Å². The molecule has 1 aromatic heterocycles. The molecule has 3 aromatic rings. The van der Waals surface area contributed by atoms with Crippen LogP contribution < -0.4 is 11.2 Å². The van der Waals surface area contributed by atoms with Gasteiger partial charge in [0.1, 0.15) is 6.61 Å². The lowest BCUT2D eigenvalue weighted by molar-refractivity contribution is -0.129. The van der Waals surface area contributed by atoms with Crippen molar-refractivity contribution in [3.8, 4) is 0 Å². The van der Waals surface area contributed by atoms with Gasteiger partial charge in [0.15, 0.2) is 18.5 Å². The first-order chi connectivity index (χ1) is 17.8. The van der Waals surface area contributed by atoms with Gasteiger partial charge in [-0.3, -0.25) is 14.3 Å². The van der Waals surface area contributed by atoms with E-state index in [1.54, 1.807) is 36.4 Å². The molecule has 2 heterocycles. The molecule has 1 fully saturated rings. The van der Waals surface area contributed by atoms with E-state index in [0.717, 1.165) is 10.8 Å². The van der Waals surface area contributed by atoms with Crippen LogP contribution >= 0.6 is 0 Å². The van der Waals surface area contributed by atoms with Crippen molar-refractivity contribution in [2.75, 3.05) is 6.61 Å². The van der Waals surface area contributed by atoms with Gasteiger partial charge in [0.05, 0.1) is 11.1 Å². The lowest BCUT2D eigenvalue weighted by atomic mass is 10.1. The molecule has 0 unspecified atom stereocenters. The van der Waals surface area contributed by atoms with Crippen molar-refractivity contribution in [3.05, 3.63) is 115 Å². The van der Waals surface area contributed by atoms with E-state index in [4.69, 9.17) is 14.2 Å². The van der Waals surface area contributed by atoms with Crippen molar-refractivity contribution in [1.29, 1.82) is 0 Å². The largest absolute Gasteiger partial charge is 0.459 e. The van der Waals surface area contributed by atoms with E-state index in [9.17, 15) is 24.7 Å². The van der Waals surface area contributed by atoms with Crippen molar-refractivity contribution < 1.29 is 28.2 Å². The first-order valence-electron chi connectivity index (χ1n) is 10.9. The Morgan fingerprint density at radius 3 is 2.30 bits per heavy atom. The zero-order chi connectivity index (χ0) is 26.6. The second-order valence-corrected chi connectivity index (χ2v) is 8.10. The van der Waals surface area contributed by atoms with Crippen molar-refractivity contribution in [3.63, 3.8) is 0 Å². The minimum absolute atomic E-state index is 0.0602. The van der Waals surface area contributed by atoms with E-state index in [-0.39, 0.29) is 16.7 Å². The second-order valence-electron chi connectivity index (χ2n) is 8.10. The number of aryl methyl sites for hydroxylation is 1. The summed E-state index contributed by atoms with van der Waals surface area (Å²) in [6.07, 6.45) is -4.98. The van der Waals surface area contributed by atoms with Crippen LogP contribution in [0.15, 0.2) is 81.6 Å². The third kappa shape index (κ3) is 5.13. The number of rotatable bonds is 7. The van der Waals surface area contributed by atoms with E-state index in [0.29, 0.717) is 0 Å². The Morgan fingerprint density at radius 1 is 1.11 bits per heavy atom. The summed E-state index contributed by atoms with van der Waals surface area (Å²) in [5.74, 6) is -1.82. The number of nitrogens with one attached hydrogen (secondary N) is 1. The van der Waals surface area contributed by atoms with E-state index in [1.807, 2.05) is 4.98 Å². The van der Waals surface area contributed by atoms with Crippen molar-refractivity contribution in [1.82, 2.24) is 9.55 Å². The lowest BCUT2D eigenvalue weighted by Crippen LogP contribution is -2.47. The zero-order valence-electron chi connectivity index (χ0n) is 19.3. The van der Waals surface area contributed by atoms with Crippen molar-refractivity contribution in [2.24, 2.45) is 5.11 Å². The van der Waals surface area contributed by atoms with Crippen LogP contribution in [-0.2, 0) is 14.2 Å². The summed E-state index contributed by atoms with van der Waals surface area (Å²) in [7, 11) is 0. The number of ether oxygens (including phenoxy) is 3. The summed E-state index contributed by atoms with van der Waals surface area (Å²) in [5, 5.41) is 3.52. The van der Waals surface area contributed by atoms with Crippen LogP contribution in [0.2, 0.25) is 0 Å². The first kappa shape index (κ1) is 25.4. The monoisotopic (exact) mass is 509 g/mol. The van der Waals surface area contributed by atoms with Gasteiger partial charge in [-0.25, -0.2) is 18.8 Å². The van der Waals surface area contributed by atoms with Gasteiger partial charge >= 0.3 is 17.6 Å². The van der Waals surface area contributed by atoms with Gasteiger partial charge in [0.25, 0.3) is 5.56 Å². The average molecular weight is 509 g/mol. The Labute approximate surface area is 207 Å². The van der Waals surface area contributed by atoms with Gasteiger partial charge < -0.3 is 14.2 Å². The Balaban J connectivity index is 1.73. The molecule has 4 atom stereocenters. The smallest absolute Gasteiger partial charge is 0.338 e. The number of carbonyl (C=O) groups is 2. The van der Waals surface area contributed by atoms with Gasteiger partial charge in [0.2, 0.25) is 5.72 Å². The highest BCUT2D eigenvalue weighted by Crippen LogP contribution is 2.42. The number of aromatic nitrogens is 2. The Morgan fingerprint density at radius 2 is 1.70 bits per heavy atom. The number of nitrogens with zero attached hydrogens (tertiary/aromatic N) is 4. The fourth-order valence-electron chi connectivity index (χ4n) is 3.77. The van der Waals surface area contributed by atoms with Crippen molar-refractivity contribution in [2.45, 2.75) is 31.2 Å². The van der Waals surface area contributed by atoms with Crippen molar-refractivity contribution >= 4 is 11.9 Å². The number of H-pyrrole nitrogens is 1. The number of azide groups is 1. The Bertz CT molecular complexity index is 1470. The molecule has 0 radical (unpaired) electrons. The molecule has 2 aromatic carbocycles. The van der Waals surface area contributed by atoms with E-state index in [1.165, 1.54) is 31.2 Å². The van der Waals surface area contributed by atoms with E-state index < -0.39 is 54.0 Å². The summed E-state index contributed by atoms with van der Waals surface area (Å²) in [4.78, 5) is 54.3. The molecular weight excluding hydrogens is 489 g/mol. The Kier molecular flexibility index (Phi) is 7.18. The number of aromatic amines is 1. The summed E-state index contributed by atoms with van der Waals surface area (Å²) >= 11 is 0. The van der Waals surface area contributed by atoms with Gasteiger partial charge in [0, 0.05) is 16.7 Å². The molecular formula is C24H20FN5O7. The third-order valence-corrected chi connectivity index (χ3v) is 5.63. The van der Waals surface area contributed by atoms with Crippen LogP contribution in [0.1, 0.15) is 32.5 Å². The van der Waals surface area contributed by atoms with Gasteiger partial charge in [-0.15, -0.1) is 0 Å². The highest BCUT2D eigenvalue weighted by Gasteiger charge is 2.60. The fraction of sp³-hybridized carbons (Fsp3) is 0.250. The molecule has 0 saturated carbocycles. The van der Waals surface area contributed by atoms with Gasteiger partial charge in [-0.05, 0) is 36.7 Å². The molecule has 12 nitrogen and oxygen atoms in total. The second kappa shape index (κ2) is 10.5. The fourth-order valence-corrected chi connectivity index (χ4v) is 3.77. The number of hydrogen-bond donors (Lipinski definition) is 1. The predicted molar refractivity (Wildman–Crippen MR) is 125 cm³/mol. The molecule has 190 valence electrons. The van der Waals surface area contributed by atoms with Crippen LogP contribution in [0.25, 0.3) is 10.4 Å². The SMILES string of the molecule is Cc1cn([C@@H]2O[C@@](COC(=O)c3ccccc3)(N=[N+]=[N-])[C@@H](OC(=O)c3ccccc3)[C@@H]2F)c(=O)[nH]c1=O. The molecule has 1 aliphatic rings. The summed E-state index contributed by atoms with van der Waals surface area (Å²) in [6, 6.07) is 15.4. The summed E-state index contributed by atoms with van der Waals surface area (Å²) in [5.41, 5.74) is 5.44. The standard InChI is InChI=1S/C24H20FN5O7/c1-14-12-30(23(34)27-19(14)31)20-17(25)18(36-22(33)16-10-6-3-7-11-16)24(37-20,28-29-26)13-35-21(32)15-8-4-2-5-9-15/h2-12,17-18,20H,13H2,1H3,(H,27,31,34)/t17-,18-,20+,24+/m0/s1. The Hall–Kier alpha value is -4.74. The number of carbonyl (C=O) groups excluding carboxylic acids is 2. The maximum absolute atomic E-state index is 15.9. The lowest BCUT2D eigenvalue weighted by Gasteiger charge is -2.28. The van der Waals surface area contributed by atoms with Crippen LogP contribution in [0.4, 0.5) is 4.39 Å². The van der Waals surface area contributed by atoms with Gasteiger partial charge in [-0.1, -0.05) is 41.5 Å². The molecule has 13 heteroatoms. The molecule has 1 N–H and O–H groups in total. The topological polar surface area (TPSA) is 165 Å². The van der Waals surface area contributed by atoms with Crippen LogP contribution in [0, 0.1) is 6.92 Å². The van der Waals surface area contributed by atoms with Crippen LogP contribution in [0.3, 0.4) is 0 Å². The number of alkyl halides is 1. The molecule has 0 spiro atoms. The molecule has 1 saturated heterocycles. The molecule has 0 aliphatic carbocycles. The third-order valence-electron chi connectivity index (χ3n) is 5.63. The number of halogens is 1. The molecule has 1 aliphatic heterocycles. The zero-order valence-corrected chi connectivity index (χ0v) is 19.3. The molecule has 4 rings (SSSR count). The maximum Gasteiger partial charge on any atom is 0.338 e. The number of esters is 2. The number of benzene rings is 2. The normalized spacial score (nSPS) is 22.6. The summed E-state index contributed by atoms with van der Waals surface area (Å²) < 4.78 is 33.0. The summed E-state index contributed by atoms with van der Waals surface area (Å²) in [6.45, 7) is 0.526. The van der Waals surface area contributed by atoms with Crippen LogP contribution in [-0.4, -0.2) is 46.1 Å². The maximum atomic E-state index is 15.9. The molecule has 0 bridgehead atoms. The van der Waals surface area contributed by atoms with E-state index in [2.05, 4.69) is 10.0 Å². The predicted octanol–water partition coefficient (Wildman–Crippen LogP) is 2.80. The number of hydrogen-bond acceptors (Lipinski definition) is 8. The minimum Gasteiger partial charge on any atom is -0.459 e. The highest BCUT2D eigenvalue weighted by molar-refractivity contribution is 5.90. The minimum atomic E-state index is -2.39. The first-order valence-corrected chi connectivity index (χ1v) is 10.9. The average Bonchev–Trinajstić information content (AvgIpc) is 3.17. The van der Waals surface area contributed by atoms with E-state index >= 15 is 4.39 Å².